The first-order valence-corrected chi connectivity index (χ1v) is 9.33. The van der Waals surface area contributed by atoms with Crippen LogP contribution < -0.4 is 15.5 Å². The second kappa shape index (κ2) is 9.89. The van der Waals surface area contributed by atoms with Gasteiger partial charge in [0.05, 0.1) is 14.2 Å². The highest BCUT2D eigenvalue weighted by Gasteiger charge is 2.25. The van der Waals surface area contributed by atoms with Crippen molar-refractivity contribution in [3.63, 3.8) is 0 Å². The van der Waals surface area contributed by atoms with Gasteiger partial charge in [0.2, 0.25) is 0 Å². The minimum Gasteiger partial charge on any atom is -0.467 e. The number of rotatable bonds is 9. The van der Waals surface area contributed by atoms with Crippen LogP contribution in [0.25, 0.3) is 10.9 Å². The summed E-state index contributed by atoms with van der Waals surface area (Å²) in [7, 11) is 3.05. The molecule has 8 nitrogen and oxygen atoms in total. The lowest BCUT2D eigenvalue weighted by atomic mass is 10.0. The maximum absolute atomic E-state index is 12.4. The number of amides is 2. The maximum atomic E-state index is 12.4. The first-order chi connectivity index (χ1) is 13.3. The first kappa shape index (κ1) is 21.4. The fraction of sp³-hybridized carbons (Fsp3) is 0.450. The zero-order valence-electron chi connectivity index (χ0n) is 16.8. The second-order valence-corrected chi connectivity index (χ2v) is 7.24. The number of aromatic nitrogens is 1. The van der Waals surface area contributed by atoms with Gasteiger partial charge in [0, 0.05) is 29.6 Å². The van der Waals surface area contributed by atoms with Crippen LogP contribution in [0.5, 0.6) is 0 Å². The van der Waals surface area contributed by atoms with E-state index >= 15 is 0 Å². The Balaban J connectivity index is 1.99. The van der Waals surface area contributed by atoms with Crippen molar-refractivity contribution in [2.75, 3.05) is 27.2 Å². The summed E-state index contributed by atoms with van der Waals surface area (Å²) < 4.78 is 4.85. The van der Waals surface area contributed by atoms with Gasteiger partial charge in [-0.25, -0.2) is 4.79 Å². The maximum Gasteiger partial charge on any atom is 0.328 e. The highest BCUT2D eigenvalue weighted by atomic mass is 16.5. The molecule has 1 aromatic carbocycles. The van der Waals surface area contributed by atoms with E-state index < -0.39 is 12.0 Å². The lowest BCUT2D eigenvalue weighted by molar-refractivity contribution is -0.862. The number of aromatic amines is 1. The monoisotopic (exact) mass is 389 g/mol. The number of quaternary nitrogens is 1. The molecule has 0 radical (unpaired) electrons. The smallest absolute Gasteiger partial charge is 0.328 e. The Hall–Kier alpha value is -2.87. The molecule has 8 heteroatoms. The number of nitrogens with one attached hydrogen (secondary N) is 4. The van der Waals surface area contributed by atoms with E-state index in [9.17, 15) is 14.4 Å². The summed E-state index contributed by atoms with van der Waals surface area (Å²) in [6.07, 6.45) is 2.15. The second-order valence-electron chi connectivity index (χ2n) is 7.24. The summed E-state index contributed by atoms with van der Waals surface area (Å²) in [5.74, 6) is -0.942. The molecule has 28 heavy (non-hydrogen) atoms. The van der Waals surface area contributed by atoms with Crippen LogP contribution in [0.1, 0.15) is 19.4 Å². The zero-order valence-corrected chi connectivity index (χ0v) is 16.8. The van der Waals surface area contributed by atoms with Crippen molar-refractivity contribution in [1.82, 2.24) is 15.6 Å². The lowest BCUT2D eigenvalue weighted by Gasteiger charge is -2.18. The quantitative estimate of drug-likeness (QED) is 0.430. The van der Waals surface area contributed by atoms with Crippen molar-refractivity contribution in [2.45, 2.75) is 32.4 Å². The SMILES string of the molecule is COC(=O)[C@@H](Cc1c[nH]c2ccccc12)NC(=O)C[NH+](C)CC(=O)NC(C)C. The number of H-pyrrole nitrogens is 1. The van der Waals surface area contributed by atoms with Crippen molar-refractivity contribution in [1.29, 1.82) is 0 Å². The zero-order chi connectivity index (χ0) is 20.7. The van der Waals surface area contributed by atoms with E-state index in [1.54, 1.807) is 7.05 Å². The Kier molecular flexibility index (Phi) is 7.57. The minimum absolute atomic E-state index is 0.0500. The van der Waals surface area contributed by atoms with Gasteiger partial charge >= 0.3 is 5.97 Å². The van der Waals surface area contributed by atoms with Crippen LogP contribution in [-0.2, 0) is 25.5 Å². The number of carbonyl (C=O) groups excluding carboxylic acids is 3. The van der Waals surface area contributed by atoms with Gasteiger partial charge in [0.1, 0.15) is 6.04 Å². The Morgan fingerprint density at radius 3 is 2.39 bits per heavy atom. The molecular weight excluding hydrogens is 360 g/mol. The normalized spacial score (nSPS) is 13.2. The van der Waals surface area contributed by atoms with Gasteiger partial charge in [0.25, 0.3) is 11.8 Å². The standard InChI is InChI=1S/C20H28N4O4/c1-13(2)22-18(25)11-24(3)12-19(26)23-17(20(27)28-4)9-14-10-21-16-8-6-5-7-15(14)16/h5-8,10,13,17,21H,9,11-12H2,1-4H3,(H,22,25)(H,23,26)/p+1/t17-/m1/s1. The van der Waals surface area contributed by atoms with E-state index in [0.29, 0.717) is 6.42 Å². The van der Waals surface area contributed by atoms with E-state index in [-0.39, 0.29) is 30.9 Å². The number of esters is 1. The molecule has 0 saturated carbocycles. The van der Waals surface area contributed by atoms with Gasteiger partial charge in [-0.15, -0.1) is 0 Å². The number of ether oxygens (including phenoxy) is 1. The molecule has 2 atom stereocenters. The summed E-state index contributed by atoms with van der Waals surface area (Å²) in [5.41, 5.74) is 1.89. The number of para-hydroxylation sites is 1. The van der Waals surface area contributed by atoms with Gasteiger partial charge in [-0.05, 0) is 25.5 Å². The third-order valence-corrected chi connectivity index (χ3v) is 4.29. The van der Waals surface area contributed by atoms with Crippen molar-refractivity contribution in [2.24, 2.45) is 0 Å². The van der Waals surface area contributed by atoms with Crippen LogP contribution >= 0.6 is 0 Å². The largest absolute Gasteiger partial charge is 0.467 e. The molecule has 0 fully saturated rings. The number of carbonyl (C=O) groups is 3. The predicted octanol–water partition coefficient (Wildman–Crippen LogP) is -0.592. The highest BCUT2D eigenvalue weighted by Crippen LogP contribution is 2.19. The topological polar surface area (TPSA) is 105 Å². The van der Waals surface area contributed by atoms with Crippen LogP contribution in [-0.4, -0.2) is 62.1 Å². The molecule has 1 unspecified atom stereocenters. The molecule has 1 heterocycles. The predicted molar refractivity (Wildman–Crippen MR) is 106 cm³/mol. The molecule has 0 aliphatic rings. The van der Waals surface area contributed by atoms with Crippen LogP contribution in [0.4, 0.5) is 0 Å². The van der Waals surface area contributed by atoms with Gasteiger partial charge < -0.3 is 25.3 Å². The molecule has 0 aliphatic heterocycles. The molecule has 152 valence electrons. The average molecular weight is 389 g/mol. The Bertz CT molecular complexity index is 830. The van der Waals surface area contributed by atoms with Crippen LogP contribution in [0.2, 0.25) is 0 Å². The molecule has 2 aromatic rings. The first-order valence-electron chi connectivity index (χ1n) is 9.33. The van der Waals surface area contributed by atoms with E-state index in [1.165, 1.54) is 7.11 Å². The molecule has 1 aromatic heterocycles. The van der Waals surface area contributed by atoms with Crippen molar-refractivity contribution in [3.8, 4) is 0 Å². The molecule has 4 N–H and O–H groups in total. The van der Waals surface area contributed by atoms with E-state index in [1.807, 2.05) is 44.3 Å². The summed E-state index contributed by atoms with van der Waals surface area (Å²) in [6, 6.07) is 7.01. The number of hydrogen-bond donors (Lipinski definition) is 4. The van der Waals surface area contributed by atoms with Gasteiger partial charge in [-0.3, -0.25) is 9.59 Å². The summed E-state index contributed by atoms with van der Waals surface area (Å²) in [6.45, 7) is 4.01. The third-order valence-electron chi connectivity index (χ3n) is 4.29. The van der Waals surface area contributed by atoms with E-state index in [4.69, 9.17) is 4.74 Å². The lowest BCUT2D eigenvalue weighted by Crippen LogP contribution is -3.11. The van der Waals surface area contributed by atoms with Gasteiger partial charge in [-0.1, -0.05) is 18.2 Å². The average Bonchev–Trinajstić information content (AvgIpc) is 3.02. The van der Waals surface area contributed by atoms with Crippen LogP contribution in [0, 0.1) is 0 Å². The van der Waals surface area contributed by atoms with Crippen LogP contribution in [0.3, 0.4) is 0 Å². The van der Waals surface area contributed by atoms with Crippen LogP contribution in [0.15, 0.2) is 30.5 Å². The summed E-state index contributed by atoms with van der Waals surface area (Å²) in [5, 5.41) is 6.53. The number of benzene rings is 1. The molecule has 0 spiro atoms. The van der Waals surface area contributed by atoms with Crippen molar-refractivity contribution >= 4 is 28.7 Å². The molecule has 0 aliphatic carbocycles. The Labute approximate surface area is 164 Å². The van der Waals surface area contributed by atoms with E-state index in [0.717, 1.165) is 21.4 Å². The third kappa shape index (κ3) is 6.09. The molecule has 0 saturated heterocycles. The number of hydrogen-bond acceptors (Lipinski definition) is 4. The number of fused-ring (bicyclic) bond motifs is 1. The molecule has 0 bridgehead atoms. The Morgan fingerprint density at radius 1 is 1.11 bits per heavy atom. The molecular formula is C20H29N4O4+. The minimum atomic E-state index is -0.797. The fourth-order valence-corrected chi connectivity index (χ4v) is 3.09. The van der Waals surface area contributed by atoms with E-state index in [2.05, 4.69) is 15.6 Å². The number of likely N-dealkylation sites (N-methyl/N-ethyl adjacent to an activating group) is 1. The van der Waals surface area contributed by atoms with Crippen molar-refractivity contribution < 1.29 is 24.0 Å². The fourth-order valence-electron chi connectivity index (χ4n) is 3.09. The molecule has 2 rings (SSSR count). The van der Waals surface area contributed by atoms with Crippen molar-refractivity contribution in [3.05, 3.63) is 36.0 Å². The van der Waals surface area contributed by atoms with Gasteiger partial charge in [0.15, 0.2) is 13.1 Å². The highest BCUT2D eigenvalue weighted by molar-refractivity contribution is 5.87. The number of methoxy groups -OCH3 is 1. The Morgan fingerprint density at radius 2 is 1.75 bits per heavy atom. The molecule has 2 amide bonds. The summed E-state index contributed by atoms with van der Waals surface area (Å²) in [4.78, 5) is 40.3. The summed E-state index contributed by atoms with van der Waals surface area (Å²) >= 11 is 0. The van der Waals surface area contributed by atoms with Gasteiger partial charge in [-0.2, -0.15) is 0 Å².